The van der Waals surface area contributed by atoms with Crippen LogP contribution in [0.4, 0.5) is 4.39 Å². The SMILES string of the molecule is Cl.Cl.O=C(NCCN1CCN(Cc2ccccc2)CC1)c1ccc(F)cc1. The minimum atomic E-state index is -0.329. The van der Waals surface area contributed by atoms with Gasteiger partial charge in [0.05, 0.1) is 0 Å². The first-order chi connectivity index (χ1) is 12.2. The molecule has 4 nitrogen and oxygen atoms in total. The van der Waals surface area contributed by atoms with Gasteiger partial charge in [-0.1, -0.05) is 30.3 Å². The number of halogens is 3. The molecule has 0 bridgehead atoms. The average molecular weight is 414 g/mol. The van der Waals surface area contributed by atoms with Crippen LogP contribution in [-0.4, -0.2) is 55.0 Å². The molecular weight excluding hydrogens is 388 g/mol. The number of rotatable bonds is 6. The largest absolute Gasteiger partial charge is 0.351 e. The molecule has 1 fully saturated rings. The van der Waals surface area contributed by atoms with Crippen molar-refractivity contribution in [1.82, 2.24) is 15.1 Å². The molecule has 3 rings (SSSR count). The molecule has 0 unspecified atom stereocenters. The fourth-order valence-corrected chi connectivity index (χ4v) is 3.04. The summed E-state index contributed by atoms with van der Waals surface area (Å²) in [5.41, 5.74) is 1.84. The molecule has 1 N–H and O–H groups in total. The Hall–Kier alpha value is -1.66. The third kappa shape index (κ3) is 7.46. The van der Waals surface area contributed by atoms with Crippen molar-refractivity contribution in [1.29, 1.82) is 0 Å². The first-order valence-corrected chi connectivity index (χ1v) is 8.73. The summed E-state index contributed by atoms with van der Waals surface area (Å²) >= 11 is 0. The molecule has 2 aromatic rings. The molecule has 0 aliphatic carbocycles. The first kappa shape index (κ1) is 23.4. The van der Waals surface area contributed by atoms with Crippen LogP contribution < -0.4 is 5.32 Å². The van der Waals surface area contributed by atoms with Gasteiger partial charge in [-0.25, -0.2) is 4.39 Å². The lowest BCUT2D eigenvalue weighted by Crippen LogP contribution is -2.48. The average Bonchev–Trinajstić information content (AvgIpc) is 2.64. The summed E-state index contributed by atoms with van der Waals surface area (Å²) in [4.78, 5) is 16.8. The molecule has 0 atom stereocenters. The number of piperazine rings is 1. The van der Waals surface area contributed by atoms with Gasteiger partial charge >= 0.3 is 0 Å². The first-order valence-electron chi connectivity index (χ1n) is 8.73. The fraction of sp³-hybridized carbons (Fsp3) is 0.350. The number of hydrogen-bond acceptors (Lipinski definition) is 3. The number of amides is 1. The number of carbonyl (C=O) groups excluding carboxylic acids is 1. The summed E-state index contributed by atoms with van der Waals surface area (Å²) < 4.78 is 12.9. The predicted molar refractivity (Wildman–Crippen MR) is 111 cm³/mol. The van der Waals surface area contributed by atoms with Crippen LogP contribution in [0.15, 0.2) is 54.6 Å². The number of benzene rings is 2. The van der Waals surface area contributed by atoms with Crippen molar-refractivity contribution >= 4 is 30.7 Å². The fourth-order valence-electron chi connectivity index (χ4n) is 3.04. The zero-order valence-electron chi connectivity index (χ0n) is 15.1. The van der Waals surface area contributed by atoms with Gasteiger partial charge in [0.2, 0.25) is 0 Å². The Labute approximate surface area is 172 Å². The molecule has 7 heteroatoms. The van der Waals surface area contributed by atoms with E-state index in [1.165, 1.54) is 29.8 Å². The molecule has 0 radical (unpaired) electrons. The van der Waals surface area contributed by atoms with Gasteiger partial charge in [0.15, 0.2) is 0 Å². The highest BCUT2D eigenvalue weighted by atomic mass is 35.5. The van der Waals surface area contributed by atoms with Crippen molar-refractivity contribution in [2.75, 3.05) is 39.3 Å². The third-order valence-corrected chi connectivity index (χ3v) is 4.53. The van der Waals surface area contributed by atoms with Gasteiger partial charge in [0, 0.05) is 51.4 Å². The van der Waals surface area contributed by atoms with Crippen molar-refractivity contribution < 1.29 is 9.18 Å². The van der Waals surface area contributed by atoms with E-state index in [1.807, 2.05) is 6.07 Å². The van der Waals surface area contributed by atoms with E-state index in [9.17, 15) is 9.18 Å². The summed E-state index contributed by atoms with van der Waals surface area (Å²) in [5, 5.41) is 2.90. The smallest absolute Gasteiger partial charge is 0.251 e. The van der Waals surface area contributed by atoms with E-state index >= 15 is 0 Å². The molecule has 1 saturated heterocycles. The van der Waals surface area contributed by atoms with Crippen LogP contribution in [0.25, 0.3) is 0 Å². The topological polar surface area (TPSA) is 35.6 Å². The molecular formula is C20H26Cl2FN3O. The van der Waals surface area contributed by atoms with Crippen LogP contribution in [0.1, 0.15) is 15.9 Å². The summed E-state index contributed by atoms with van der Waals surface area (Å²) in [5.74, 6) is -0.479. The summed E-state index contributed by atoms with van der Waals surface area (Å²) in [6, 6.07) is 16.2. The normalized spacial score (nSPS) is 14.7. The van der Waals surface area contributed by atoms with Crippen molar-refractivity contribution in [3.05, 3.63) is 71.5 Å². The van der Waals surface area contributed by atoms with E-state index in [2.05, 4.69) is 39.4 Å². The molecule has 0 saturated carbocycles. The standard InChI is InChI=1S/C20H24FN3O.2ClH/c21-19-8-6-18(7-9-19)20(25)22-10-11-23-12-14-24(15-13-23)16-17-4-2-1-3-5-17;;/h1-9H,10-16H2,(H,22,25);2*1H. The second-order valence-corrected chi connectivity index (χ2v) is 6.37. The zero-order chi connectivity index (χ0) is 17.5. The van der Waals surface area contributed by atoms with E-state index in [-0.39, 0.29) is 36.5 Å². The maximum Gasteiger partial charge on any atom is 0.251 e. The number of nitrogens with one attached hydrogen (secondary N) is 1. The molecule has 1 aliphatic heterocycles. The van der Waals surface area contributed by atoms with E-state index in [0.717, 1.165) is 39.3 Å². The molecule has 148 valence electrons. The quantitative estimate of drug-likeness (QED) is 0.789. The monoisotopic (exact) mass is 413 g/mol. The maximum absolute atomic E-state index is 12.9. The van der Waals surface area contributed by atoms with Gasteiger partial charge in [-0.3, -0.25) is 14.6 Å². The predicted octanol–water partition coefficient (Wildman–Crippen LogP) is 3.22. The Balaban J connectivity index is 0.00000182. The molecule has 1 aliphatic rings. The Bertz CT molecular complexity index is 677. The number of hydrogen-bond donors (Lipinski definition) is 1. The van der Waals surface area contributed by atoms with E-state index < -0.39 is 0 Å². The highest BCUT2D eigenvalue weighted by molar-refractivity contribution is 5.94. The molecule has 27 heavy (non-hydrogen) atoms. The van der Waals surface area contributed by atoms with Gasteiger partial charge in [-0.15, -0.1) is 24.8 Å². The Morgan fingerprint density at radius 3 is 2.11 bits per heavy atom. The lowest BCUT2D eigenvalue weighted by atomic mass is 10.2. The Kier molecular flexibility index (Phi) is 10.3. The second kappa shape index (κ2) is 11.9. The number of nitrogens with zero attached hydrogens (tertiary/aromatic N) is 2. The van der Waals surface area contributed by atoms with Crippen molar-refractivity contribution in [2.45, 2.75) is 6.54 Å². The van der Waals surface area contributed by atoms with Crippen LogP contribution in [0.2, 0.25) is 0 Å². The maximum atomic E-state index is 12.9. The summed E-state index contributed by atoms with van der Waals surface area (Å²) in [6.07, 6.45) is 0. The van der Waals surface area contributed by atoms with E-state index in [0.29, 0.717) is 12.1 Å². The van der Waals surface area contributed by atoms with Crippen molar-refractivity contribution in [3.63, 3.8) is 0 Å². The second-order valence-electron chi connectivity index (χ2n) is 6.37. The van der Waals surface area contributed by atoms with Gasteiger partial charge in [-0.05, 0) is 29.8 Å². The van der Waals surface area contributed by atoms with Crippen molar-refractivity contribution in [3.8, 4) is 0 Å². The molecule has 2 aromatic carbocycles. The van der Waals surface area contributed by atoms with Gasteiger partial charge in [0.1, 0.15) is 5.82 Å². The van der Waals surface area contributed by atoms with E-state index in [1.54, 1.807) is 0 Å². The lowest BCUT2D eigenvalue weighted by molar-refractivity contribution is 0.0934. The van der Waals surface area contributed by atoms with Crippen LogP contribution in [0.3, 0.4) is 0 Å². The molecule has 0 aromatic heterocycles. The zero-order valence-corrected chi connectivity index (χ0v) is 16.8. The van der Waals surface area contributed by atoms with Crippen LogP contribution in [-0.2, 0) is 6.54 Å². The minimum absolute atomic E-state index is 0. The Morgan fingerprint density at radius 2 is 1.48 bits per heavy atom. The van der Waals surface area contributed by atoms with Crippen LogP contribution >= 0.6 is 24.8 Å². The minimum Gasteiger partial charge on any atom is -0.351 e. The van der Waals surface area contributed by atoms with Gasteiger partial charge in [-0.2, -0.15) is 0 Å². The van der Waals surface area contributed by atoms with Crippen molar-refractivity contribution in [2.24, 2.45) is 0 Å². The van der Waals surface area contributed by atoms with E-state index in [4.69, 9.17) is 0 Å². The highest BCUT2D eigenvalue weighted by Gasteiger charge is 2.16. The van der Waals surface area contributed by atoms with Crippen LogP contribution in [0, 0.1) is 5.82 Å². The molecule has 0 spiro atoms. The highest BCUT2D eigenvalue weighted by Crippen LogP contribution is 2.08. The molecule has 1 amide bonds. The number of carbonyl (C=O) groups is 1. The lowest BCUT2D eigenvalue weighted by Gasteiger charge is -2.34. The molecule has 1 heterocycles. The Morgan fingerprint density at radius 1 is 0.889 bits per heavy atom. The van der Waals surface area contributed by atoms with Crippen LogP contribution in [0.5, 0.6) is 0 Å². The third-order valence-electron chi connectivity index (χ3n) is 4.53. The van der Waals surface area contributed by atoms with Gasteiger partial charge < -0.3 is 5.32 Å². The van der Waals surface area contributed by atoms with Gasteiger partial charge in [0.25, 0.3) is 5.91 Å². The summed E-state index contributed by atoms with van der Waals surface area (Å²) in [6.45, 7) is 6.55. The summed E-state index contributed by atoms with van der Waals surface area (Å²) in [7, 11) is 0.